The number of hydrogen-bond donors (Lipinski definition) is 0. The van der Waals surface area contributed by atoms with E-state index >= 15 is 0 Å². The van der Waals surface area contributed by atoms with Gasteiger partial charge in [-0.1, -0.05) is 6.92 Å². The maximum Gasteiger partial charge on any atom is 0.134 e. The molecule has 0 bridgehead atoms. The van der Waals surface area contributed by atoms with Crippen molar-refractivity contribution >= 4 is 11.0 Å². The lowest BCUT2D eigenvalue weighted by atomic mass is 10.2. The fourth-order valence-electron chi connectivity index (χ4n) is 1.46. The molecule has 0 aliphatic rings. The maximum absolute atomic E-state index is 5.53. The normalized spacial score (nSPS) is 10.7. The number of benzene rings is 1. The molecule has 0 fully saturated rings. The van der Waals surface area contributed by atoms with Crippen LogP contribution in [0.1, 0.15) is 19.1 Å². The van der Waals surface area contributed by atoms with Gasteiger partial charge in [0.2, 0.25) is 0 Å². The van der Waals surface area contributed by atoms with Crippen LogP contribution in [0.15, 0.2) is 28.7 Å². The second kappa shape index (κ2) is 3.74. The summed E-state index contributed by atoms with van der Waals surface area (Å²) >= 11 is 0. The van der Waals surface area contributed by atoms with E-state index in [0.29, 0.717) is 0 Å². The highest BCUT2D eigenvalue weighted by atomic mass is 16.5. The molecule has 2 heteroatoms. The molecular formula is C12H14O2. The fraction of sp³-hybridized carbons (Fsp3) is 0.333. The zero-order chi connectivity index (χ0) is 9.97. The third-order valence-electron chi connectivity index (χ3n) is 2.08. The highest BCUT2D eigenvalue weighted by molar-refractivity contribution is 5.79. The Bertz CT molecular complexity index is 429. The molecule has 1 aromatic heterocycles. The van der Waals surface area contributed by atoms with Crippen molar-refractivity contribution in [2.24, 2.45) is 0 Å². The predicted molar refractivity (Wildman–Crippen MR) is 56.7 cm³/mol. The predicted octanol–water partition coefficient (Wildman–Crippen LogP) is 3.53. The fourth-order valence-corrected chi connectivity index (χ4v) is 1.46. The van der Waals surface area contributed by atoms with Gasteiger partial charge < -0.3 is 9.15 Å². The number of ether oxygens (including phenoxy) is 1. The van der Waals surface area contributed by atoms with Crippen LogP contribution in [0, 0.1) is 6.92 Å². The summed E-state index contributed by atoms with van der Waals surface area (Å²) in [5, 5.41) is 1.11. The lowest BCUT2D eigenvalue weighted by Gasteiger charge is -2.02. The van der Waals surface area contributed by atoms with Crippen molar-refractivity contribution in [3.8, 4) is 5.75 Å². The summed E-state index contributed by atoms with van der Waals surface area (Å²) in [6.07, 6.45) is 1.03. The van der Waals surface area contributed by atoms with Crippen molar-refractivity contribution in [2.45, 2.75) is 20.3 Å². The second-order valence-corrected chi connectivity index (χ2v) is 3.41. The van der Waals surface area contributed by atoms with E-state index in [0.717, 1.165) is 35.5 Å². The minimum absolute atomic E-state index is 0.766. The van der Waals surface area contributed by atoms with Crippen LogP contribution < -0.4 is 4.74 Å². The quantitative estimate of drug-likeness (QED) is 0.738. The summed E-state index contributed by atoms with van der Waals surface area (Å²) in [5.41, 5.74) is 0.923. The summed E-state index contributed by atoms with van der Waals surface area (Å²) in [4.78, 5) is 0. The monoisotopic (exact) mass is 190 g/mol. The van der Waals surface area contributed by atoms with E-state index in [-0.39, 0.29) is 0 Å². The van der Waals surface area contributed by atoms with E-state index in [2.05, 4.69) is 6.92 Å². The van der Waals surface area contributed by atoms with Gasteiger partial charge in [-0.3, -0.25) is 0 Å². The van der Waals surface area contributed by atoms with E-state index in [1.807, 2.05) is 31.2 Å². The number of furan rings is 1. The van der Waals surface area contributed by atoms with Gasteiger partial charge >= 0.3 is 0 Å². The first-order valence-corrected chi connectivity index (χ1v) is 4.92. The van der Waals surface area contributed by atoms with Crippen molar-refractivity contribution in [2.75, 3.05) is 6.61 Å². The zero-order valence-electron chi connectivity index (χ0n) is 8.54. The third-order valence-corrected chi connectivity index (χ3v) is 2.08. The van der Waals surface area contributed by atoms with Crippen LogP contribution in [-0.4, -0.2) is 6.61 Å². The Morgan fingerprint density at radius 3 is 2.93 bits per heavy atom. The Kier molecular flexibility index (Phi) is 2.44. The molecule has 0 N–H and O–H groups in total. The highest BCUT2D eigenvalue weighted by Crippen LogP contribution is 2.23. The van der Waals surface area contributed by atoms with Crippen molar-refractivity contribution in [3.05, 3.63) is 30.0 Å². The molecule has 2 aromatic rings. The zero-order valence-corrected chi connectivity index (χ0v) is 8.54. The molecule has 2 rings (SSSR count). The van der Waals surface area contributed by atoms with Crippen LogP contribution in [0.5, 0.6) is 5.75 Å². The molecule has 14 heavy (non-hydrogen) atoms. The van der Waals surface area contributed by atoms with Gasteiger partial charge in [0.05, 0.1) is 6.61 Å². The Morgan fingerprint density at radius 2 is 2.14 bits per heavy atom. The molecule has 2 nitrogen and oxygen atoms in total. The van der Waals surface area contributed by atoms with Gasteiger partial charge in [-0.25, -0.2) is 0 Å². The van der Waals surface area contributed by atoms with Crippen LogP contribution in [0.4, 0.5) is 0 Å². The molecule has 0 saturated carbocycles. The molecule has 0 amide bonds. The Labute approximate surface area is 83.5 Å². The molecule has 0 unspecified atom stereocenters. The number of rotatable bonds is 3. The molecular weight excluding hydrogens is 176 g/mol. The van der Waals surface area contributed by atoms with Crippen LogP contribution >= 0.6 is 0 Å². The molecule has 0 aliphatic carbocycles. The smallest absolute Gasteiger partial charge is 0.134 e. The first-order valence-electron chi connectivity index (χ1n) is 4.92. The number of fused-ring (bicyclic) bond motifs is 1. The molecule has 0 saturated heterocycles. The summed E-state index contributed by atoms with van der Waals surface area (Å²) < 4.78 is 11.0. The van der Waals surface area contributed by atoms with Gasteiger partial charge in [0.15, 0.2) is 0 Å². The van der Waals surface area contributed by atoms with Gasteiger partial charge in [-0.2, -0.15) is 0 Å². The van der Waals surface area contributed by atoms with Gasteiger partial charge in [0.25, 0.3) is 0 Å². The van der Waals surface area contributed by atoms with Crippen LogP contribution in [0.2, 0.25) is 0 Å². The number of hydrogen-bond acceptors (Lipinski definition) is 2. The summed E-state index contributed by atoms with van der Waals surface area (Å²) in [5.74, 6) is 1.85. The summed E-state index contributed by atoms with van der Waals surface area (Å²) in [6, 6.07) is 7.93. The molecule has 0 atom stereocenters. The van der Waals surface area contributed by atoms with Gasteiger partial charge in [0, 0.05) is 5.39 Å². The van der Waals surface area contributed by atoms with Crippen molar-refractivity contribution in [1.82, 2.24) is 0 Å². The van der Waals surface area contributed by atoms with Crippen molar-refractivity contribution in [1.29, 1.82) is 0 Å². The van der Waals surface area contributed by atoms with Gasteiger partial charge in [0.1, 0.15) is 17.1 Å². The molecule has 1 heterocycles. The summed E-state index contributed by atoms with van der Waals surface area (Å²) in [6.45, 7) is 4.81. The lowest BCUT2D eigenvalue weighted by molar-refractivity contribution is 0.318. The Balaban J connectivity index is 2.31. The largest absolute Gasteiger partial charge is 0.494 e. The summed E-state index contributed by atoms with van der Waals surface area (Å²) in [7, 11) is 0. The van der Waals surface area contributed by atoms with Gasteiger partial charge in [-0.15, -0.1) is 0 Å². The van der Waals surface area contributed by atoms with Crippen molar-refractivity contribution < 1.29 is 9.15 Å². The minimum atomic E-state index is 0.766. The molecule has 1 aromatic carbocycles. The SMILES string of the molecule is CCCOc1ccc2oc(C)cc2c1. The molecule has 0 aliphatic heterocycles. The van der Waals surface area contributed by atoms with E-state index in [9.17, 15) is 0 Å². The van der Waals surface area contributed by atoms with E-state index in [4.69, 9.17) is 9.15 Å². The minimum Gasteiger partial charge on any atom is -0.494 e. The average molecular weight is 190 g/mol. The van der Waals surface area contributed by atoms with Crippen LogP contribution in [-0.2, 0) is 0 Å². The molecule has 0 spiro atoms. The topological polar surface area (TPSA) is 22.4 Å². The number of aryl methyl sites for hydroxylation is 1. The van der Waals surface area contributed by atoms with Gasteiger partial charge in [-0.05, 0) is 37.6 Å². The van der Waals surface area contributed by atoms with E-state index in [1.54, 1.807) is 0 Å². The lowest BCUT2D eigenvalue weighted by Crippen LogP contribution is -1.93. The van der Waals surface area contributed by atoms with Crippen LogP contribution in [0.25, 0.3) is 11.0 Å². The average Bonchev–Trinajstić information content (AvgIpc) is 2.54. The van der Waals surface area contributed by atoms with E-state index < -0.39 is 0 Å². The van der Waals surface area contributed by atoms with Crippen molar-refractivity contribution in [3.63, 3.8) is 0 Å². The standard InChI is InChI=1S/C12H14O2/c1-3-6-13-11-4-5-12-10(8-11)7-9(2)14-12/h4-5,7-8H,3,6H2,1-2H3. The second-order valence-electron chi connectivity index (χ2n) is 3.41. The first-order chi connectivity index (χ1) is 6.79. The highest BCUT2D eigenvalue weighted by Gasteiger charge is 2.01. The molecule has 74 valence electrons. The Morgan fingerprint density at radius 1 is 1.29 bits per heavy atom. The van der Waals surface area contributed by atoms with E-state index in [1.165, 1.54) is 0 Å². The van der Waals surface area contributed by atoms with Crippen LogP contribution in [0.3, 0.4) is 0 Å². The Hall–Kier alpha value is -1.44. The third kappa shape index (κ3) is 1.74. The first kappa shape index (κ1) is 9.13. The molecule has 0 radical (unpaired) electrons. The maximum atomic E-state index is 5.53.